The third-order valence-corrected chi connectivity index (χ3v) is 13.6. The number of aliphatic imine (C=N–C) groups is 4. The Morgan fingerprint density at radius 3 is 0.915 bits per heavy atom. The fourth-order valence-corrected chi connectivity index (χ4v) is 8.65. The van der Waals surface area contributed by atoms with Crippen molar-refractivity contribution in [2.45, 2.75) is 197 Å². The Morgan fingerprint density at radius 2 is 0.628 bits per heavy atom. The number of carbonyl (C=O) groups excluding carboxylic acids is 11. The van der Waals surface area contributed by atoms with E-state index in [-0.39, 0.29) is 107 Å². The molecule has 40 nitrogen and oxygen atoms in total. The number of hydrogen-bond donors (Lipinski definition) is 23. The molecule has 0 aliphatic heterocycles. The van der Waals surface area contributed by atoms with Crippen molar-refractivity contribution in [3.05, 3.63) is 0 Å². The molecule has 0 saturated carbocycles. The lowest BCUT2D eigenvalue weighted by Gasteiger charge is -2.29. The van der Waals surface area contributed by atoms with Crippen molar-refractivity contribution in [3.8, 4) is 0 Å². The van der Waals surface area contributed by atoms with E-state index in [1.54, 1.807) is 13.8 Å². The first-order chi connectivity index (χ1) is 43.9. The topological polar surface area (TPSA) is 727 Å². The van der Waals surface area contributed by atoms with E-state index in [4.69, 9.17) is 63.1 Å². The number of hydrogen-bond acceptors (Lipinski definition) is 19. The molecule has 40 heteroatoms. The first-order valence-corrected chi connectivity index (χ1v) is 30.3. The fraction of sp³-hybridized carbons (Fsp3) is 0.685. The van der Waals surface area contributed by atoms with Gasteiger partial charge in [-0.25, -0.2) is 4.79 Å². The molecule has 0 unspecified atom stereocenters. The zero-order chi connectivity index (χ0) is 71.9. The smallest absolute Gasteiger partial charge is 0.326 e. The molecular weight excluding hydrogens is 1240 g/mol. The van der Waals surface area contributed by atoms with E-state index < -0.39 is 188 Å². The van der Waals surface area contributed by atoms with Gasteiger partial charge in [0, 0.05) is 45.4 Å². The summed E-state index contributed by atoms with van der Waals surface area (Å²) in [5.41, 5.74) is 60.7. The Kier molecular flexibility index (Phi) is 39.9. The molecular formula is C54H100N24O16. The molecule has 0 saturated heterocycles. The van der Waals surface area contributed by atoms with E-state index in [0.29, 0.717) is 6.42 Å². The summed E-state index contributed by atoms with van der Waals surface area (Å²) in [6.07, 6.45) is -5.67. The predicted molar refractivity (Wildman–Crippen MR) is 342 cm³/mol. The summed E-state index contributed by atoms with van der Waals surface area (Å²) < 4.78 is 0. The number of carboxylic acids is 2. The molecule has 11 amide bonds. The lowest BCUT2D eigenvalue weighted by Crippen LogP contribution is -2.62. The fourth-order valence-electron chi connectivity index (χ4n) is 8.65. The second-order valence-corrected chi connectivity index (χ2v) is 22.7. The number of nitrogens with two attached hydrogens (primary N) is 11. The van der Waals surface area contributed by atoms with Crippen LogP contribution in [0.15, 0.2) is 20.0 Å². The van der Waals surface area contributed by atoms with Crippen LogP contribution in [0.3, 0.4) is 0 Å². The van der Waals surface area contributed by atoms with Gasteiger partial charge >= 0.3 is 11.9 Å². The molecule has 34 N–H and O–H groups in total. The minimum Gasteiger partial charge on any atom is -0.481 e. The second kappa shape index (κ2) is 44.6. The molecule has 0 radical (unpaired) electrons. The van der Waals surface area contributed by atoms with Gasteiger partial charge in [-0.05, 0) is 95.8 Å². The number of carboxylic acid groups (broad SMARTS) is 2. The van der Waals surface area contributed by atoms with Gasteiger partial charge in [-0.1, -0.05) is 27.7 Å². The molecule has 0 aromatic carbocycles. The third kappa shape index (κ3) is 36.8. The van der Waals surface area contributed by atoms with Gasteiger partial charge < -0.3 is 126 Å². The molecule has 532 valence electrons. The number of aliphatic hydroxyl groups is 1. The normalized spacial score (nSPS) is 14.4. The number of carbonyl (C=O) groups is 13. The van der Waals surface area contributed by atoms with Gasteiger partial charge in [-0.3, -0.25) is 77.5 Å². The predicted octanol–water partition coefficient (Wildman–Crippen LogP) is -9.55. The zero-order valence-corrected chi connectivity index (χ0v) is 53.7. The van der Waals surface area contributed by atoms with E-state index in [1.807, 2.05) is 0 Å². The molecule has 0 fully saturated rings. The number of nitrogens with zero attached hydrogens (tertiary/aromatic N) is 4. The van der Waals surface area contributed by atoms with Gasteiger partial charge in [-0.2, -0.15) is 0 Å². The quantitative estimate of drug-likeness (QED) is 0.0153. The van der Waals surface area contributed by atoms with Gasteiger partial charge in [0.25, 0.3) is 0 Å². The van der Waals surface area contributed by atoms with E-state index in [9.17, 15) is 77.6 Å². The molecule has 0 spiro atoms. The van der Waals surface area contributed by atoms with Crippen molar-refractivity contribution < 1.29 is 77.6 Å². The van der Waals surface area contributed by atoms with E-state index >= 15 is 0 Å². The Balaban J connectivity index is 7.47. The van der Waals surface area contributed by atoms with Crippen LogP contribution in [0.1, 0.15) is 131 Å². The number of aliphatic hydroxyl groups excluding tert-OH is 1. The van der Waals surface area contributed by atoms with Crippen LogP contribution in [0.4, 0.5) is 0 Å². The maximum Gasteiger partial charge on any atom is 0.326 e. The molecule has 0 bridgehead atoms. The molecule has 11 atom stereocenters. The van der Waals surface area contributed by atoms with Gasteiger partial charge in [0.2, 0.25) is 65.0 Å². The Morgan fingerprint density at radius 1 is 0.351 bits per heavy atom. The highest BCUT2D eigenvalue weighted by Crippen LogP contribution is 2.13. The number of rotatable bonds is 48. The lowest BCUT2D eigenvalue weighted by molar-refractivity contribution is -0.144. The maximum atomic E-state index is 14.6. The third-order valence-electron chi connectivity index (χ3n) is 13.6. The van der Waals surface area contributed by atoms with Crippen LogP contribution in [0.25, 0.3) is 0 Å². The monoisotopic (exact) mass is 1340 g/mol. The highest BCUT2D eigenvalue weighted by atomic mass is 16.4. The first-order valence-electron chi connectivity index (χ1n) is 30.3. The van der Waals surface area contributed by atoms with Gasteiger partial charge in [-0.15, -0.1) is 0 Å². The maximum absolute atomic E-state index is 14.6. The summed E-state index contributed by atoms with van der Waals surface area (Å²) in [6, 6.07) is -15.9. The van der Waals surface area contributed by atoms with Crippen LogP contribution >= 0.6 is 0 Å². The zero-order valence-electron chi connectivity index (χ0n) is 53.7. The summed E-state index contributed by atoms with van der Waals surface area (Å²) in [5, 5.41) is 51.9. The van der Waals surface area contributed by atoms with Gasteiger partial charge in [0.15, 0.2) is 23.8 Å². The van der Waals surface area contributed by atoms with Crippen LogP contribution in [-0.2, 0) is 62.3 Å². The molecule has 94 heavy (non-hydrogen) atoms. The number of amides is 11. The number of guanidine groups is 4. The van der Waals surface area contributed by atoms with Gasteiger partial charge in [0.1, 0.15) is 54.4 Å². The lowest BCUT2D eigenvalue weighted by atomic mass is 10.0. The van der Waals surface area contributed by atoms with E-state index in [0.717, 1.165) is 6.92 Å². The van der Waals surface area contributed by atoms with E-state index in [1.165, 1.54) is 13.8 Å². The number of nitrogens with one attached hydrogen (secondary N) is 9. The van der Waals surface area contributed by atoms with Crippen molar-refractivity contribution in [2.24, 2.45) is 94.9 Å². The minimum absolute atomic E-state index is 0.00993. The molecule has 0 heterocycles. The van der Waals surface area contributed by atoms with Crippen molar-refractivity contribution >= 4 is 101 Å². The van der Waals surface area contributed by atoms with Crippen molar-refractivity contribution in [1.82, 2.24) is 47.9 Å². The summed E-state index contributed by atoms with van der Waals surface area (Å²) in [7, 11) is 0. The van der Waals surface area contributed by atoms with Gasteiger partial charge in [0.05, 0.1) is 12.1 Å². The second-order valence-electron chi connectivity index (χ2n) is 22.7. The molecule has 0 aromatic heterocycles. The van der Waals surface area contributed by atoms with Crippen LogP contribution in [0.5, 0.6) is 0 Å². The summed E-state index contributed by atoms with van der Waals surface area (Å²) in [4.78, 5) is 190. The summed E-state index contributed by atoms with van der Waals surface area (Å²) >= 11 is 0. The van der Waals surface area contributed by atoms with Crippen LogP contribution < -0.4 is 111 Å². The molecule has 0 aliphatic rings. The number of primary amides is 2. The molecule has 0 aromatic rings. The first kappa shape index (κ1) is 84.1. The van der Waals surface area contributed by atoms with Crippen LogP contribution in [0.2, 0.25) is 0 Å². The SMILES string of the molecule is CC(C)C[C@H](NC(=O)[C@@H](N)CCCN=C(N)N)C(=O)N[C@@H](CCC(N)=O)C(=O)N[C@@H](CCCN=C(N)N)C(=O)N[C@@H](CCCN=C(N)N)C(=O)N[C@@H](CCCN=C(N)N)C(=O)N[C@@H](CCC(=O)O)C(=O)N[C@H](C(=O)N[C@@H](CCC(N)=O)C(=O)N[C@H](C(=O)O)C(C)C)[C@@H](C)O. The largest absolute Gasteiger partial charge is 0.481 e. The van der Waals surface area contributed by atoms with Crippen molar-refractivity contribution in [2.75, 3.05) is 26.2 Å². The number of aliphatic carboxylic acids is 2. The molecule has 0 aliphatic carbocycles. The minimum atomic E-state index is -1.98. The van der Waals surface area contributed by atoms with Crippen molar-refractivity contribution in [3.63, 3.8) is 0 Å². The van der Waals surface area contributed by atoms with Crippen LogP contribution in [0, 0.1) is 11.8 Å². The Bertz CT molecular complexity index is 2680. The standard InChI is InChI=1S/C54H100N24O16/c1-25(2)24-35(76-41(84)28(55)10-6-20-66-51(58)59)48(91)74-32(14-17-36(56)80)45(88)72-30(12-8-22-68-53(62)63)43(86)70-29(11-7-21-67-52(60)61)42(85)71-31(13-9-23-69-54(64)65)44(87)73-34(16-19-38(82)83)47(90)78-40(27(5)79)49(92)75-33(15-18-37(57)81)46(89)77-39(26(3)4)50(93)94/h25-35,39-40,79H,6-24,55H2,1-5H3,(H2,56,80)(H2,57,81)(H,70,86)(H,71,85)(H,72,88)(H,73,87)(H,74,91)(H,75,92)(H,76,84)(H,77,89)(H,78,90)(H,82,83)(H,93,94)(H4,58,59,66)(H4,60,61,67)(H4,62,63,68)(H4,64,65,69)/t27-,28+,29+,30+,31+,32+,33+,34+,35+,39+,40+/m1/s1. The average Bonchev–Trinajstić information content (AvgIpc) is 0.928. The summed E-state index contributed by atoms with van der Waals surface area (Å²) in [5.74, 6) is -16.3. The highest BCUT2D eigenvalue weighted by Gasteiger charge is 2.37. The Hall–Kier alpha value is -9.89. The Labute approximate surface area is 543 Å². The highest BCUT2D eigenvalue weighted by molar-refractivity contribution is 5.99. The van der Waals surface area contributed by atoms with Crippen molar-refractivity contribution in [1.29, 1.82) is 0 Å². The summed E-state index contributed by atoms with van der Waals surface area (Å²) in [6.45, 7) is 7.32. The van der Waals surface area contributed by atoms with E-state index in [2.05, 4.69) is 67.8 Å². The molecule has 0 rings (SSSR count). The average molecular weight is 1340 g/mol. The van der Waals surface area contributed by atoms with Crippen LogP contribution in [-0.4, -0.2) is 209 Å².